The topological polar surface area (TPSA) is 58.8 Å². The standard InChI is InChI=1S/C13H27N3O2/c1-13(2,3)18-11-12(17)16-9-7-15(8-10-16)6-4-5-14/h4-11,14H2,1-3H3. The first-order chi connectivity index (χ1) is 8.42. The van der Waals surface area contributed by atoms with Crippen molar-refractivity contribution in [1.82, 2.24) is 9.80 Å². The molecule has 0 aromatic carbocycles. The SMILES string of the molecule is CC(C)(C)OCC(=O)N1CCN(CCCN)CC1. The summed E-state index contributed by atoms with van der Waals surface area (Å²) in [6.45, 7) is 11.3. The van der Waals surface area contributed by atoms with Crippen LogP contribution in [0.15, 0.2) is 0 Å². The Morgan fingerprint density at radius 1 is 1.22 bits per heavy atom. The zero-order valence-electron chi connectivity index (χ0n) is 11.9. The van der Waals surface area contributed by atoms with Crippen LogP contribution in [0, 0.1) is 0 Å². The number of piperazine rings is 1. The molecule has 1 aliphatic rings. The van der Waals surface area contributed by atoms with Crippen LogP contribution in [0.3, 0.4) is 0 Å². The van der Waals surface area contributed by atoms with Crippen molar-refractivity contribution in [2.45, 2.75) is 32.8 Å². The van der Waals surface area contributed by atoms with Crippen LogP contribution in [-0.2, 0) is 9.53 Å². The number of rotatable bonds is 5. The third-order valence-electron chi connectivity index (χ3n) is 3.03. The van der Waals surface area contributed by atoms with E-state index in [1.807, 2.05) is 25.7 Å². The normalized spacial score (nSPS) is 18.1. The summed E-state index contributed by atoms with van der Waals surface area (Å²) in [5, 5.41) is 0. The molecule has 1 rings (SSSR count). The minimum absolute atomic E-state index is 0.100. The molecule has 1 heterocycles. The molecule has 0 aliphatic carbocycles. The lowest BCUT2D eigenvalue weighted by Gasteiger charge is -2.35. The molecule has 1 fully saturated rings. The second-order valence-electron chi connectivity index (χ2n) is 5.77. The maximum Gasteiger partial charge on any atom is 0.248 e. The van der Waals surface area contributed by atoms with Gasteiger partial charge in [0.05, 0.1) is 5.60 Å². The molecule has 5 nitrogen and oxygen atoms in total. The van der Waals surface area contributed by atoms with Gasteiger partial charge in [0, 0.05) is 26.2 Å². The summed E-state index contributed by atoms with van der Waals surface area (Å²) in [7, 11) is 0. The van der Waals surface area contributed by atoms with Crippen LogP contribution >= 0.6 is 0 Å². The summed E-state index contributed by atoms with van der Waals surface area (Å²) in [6.07, 6.45) is 1.03. The Labute approximate surface area is 110 Å². The smallest absolute Gasteiger partial charge is 0.248 e. The van der Waals surface area contributed by atoms with Crippen LogP contribution in [-0.4, -0.2) is 67.2 Å². The van der Waals surface area contributed by atoms with Crippen LogP contribution in [0.1, 0.15) is 27.2 Å². The maximum absolute atomic E-state index is 11.9. The fraction of sp³-hybridized carbons (Fsp3) is 0.923. The second kappa shape index (κ2) is 7.07. The molecule has 1 amide bonds. The second-order valence-corrected chi connectivity index (χ2v) is 5.77. The zero-order valence-corrected chi connectivity index (χ0v) is 11.9. The fourth-order valence-electron chi connectivity index (χ4n) is 1.91. The highest BCUT2D eigenvalue weighted by Gasteiger charge is 2.22. The van der Waals surface area contributed by atoms with Gasteiger partial charge in [-0.25, -0.2) is 0 Å². The van der Waals surface area contributed by atoms with Crippen molar-refractivity contribution in [3.63, 3.8) is 0 Å². The van der Waals surface area contributed by atoms with Gasteiger partial charge in [-0.2, -0.15) is 0 Å². The molecule has 0 bridgehead atoms. The molecule has 1 aliphatic heterocycles. The van der Waals surface area contributed by atoms with E-state index < -0.39 is 0 Å². The van der Waals surface area contributed by atoms with E-state index in [-0.39, 0.29) is 18.1 Å². The lowest BCUT2D eigenvalue weighted by Crippen LogP contribution is -2.50. The van der Waals surface area contributed by atoms with Crippen LogP contribution in [0.2, 0.25) is 0 Å². The average molecular weight is 257 g/mol. The van der Waals surface area contributed by atoms with Crippen molar-refractivity contribution in [2.75, 3.05) is 45.9 Å². The Kier molecular flexibility index (Phi) is 6.05. The van der Waals surface area contributed by atoms with Crippen molar-refractivity contribution in [1.29, 1.82) is 0 Å². The van der Waals surface area contributed by atoms with E-state index in [9.17, 15) is 4.79 Å². The number of carbonyl (C=O) groups excluding carboxylic acids is 1. The van der Waals surface area contributed by atoms with Crippen molar-refractivity contribution >= 4 is 5.91 Å². The summed E-state index contributed by atoms with van der Waals surface area (Å²) in [5.41, 5.74) is 5.24. The highest BCUT2D eigenvalue weighted by atomic mass is 16.5. The van der Waals surface area contributed by atoms with Crippen molar-refractivity contribution < 1.29 is 9.53 Å². The number of nitrogens with zero attached hydrogens (tertiary/aromatic N) is 2. The molecule has 0 spiro atoms. The van der Waals surface area contributed by atoms with Gasteiger partial charge in [0.2, 0.25) is 5.91 Å². The van der Waals surface area contributed by atoms with Crippen molar-refractivity contribution in [2.24, 2.45) is 5.73 Å². The lowest BCUT2D eigenvalue weighted by atomic mass is 10.2. The molecule has 2 N–H and O–H groups in total. The highest BCUT2D eigenvalue weighted by molar-refractivity contribution is 5.77. The van der Waals surface area contributed by atoms with E-state index >= 15 is 0 Å². The zero-order chi connectivity index (χ0) is 13.6. The van der Waals surface area contributed by atoms with Gasteiger partial charge in [0.1, 0.15) is 6.61 Å². The highest BCUT2D eigenvalue weighted by Crippen LogP contribution is 2.08. The molecule has 0 aromatic rings. The molecular weight excluding hydrogens is 230 g/mol. The number of carbonyl (C=O) groups is 1. The molecule has 18 heavy (non-hydrogen) atoms. The number of hydrogen-bond donors (Lipinski definition) is 1. The Balaban J connectivity index is 2.23. The summed E-state index contributed by atoms with van der Waals surface area (Å²) in [6, 6.07) is 0. The molecule has 0 atom stereocenters. The molecule has 0 unspecified atom stereocenters. The predicted molar refractivity (Wildman–Crippen MR) is 72.4 cm³/mol. The van der Waals surface area contributed by atoms with E-state index in [1.54, 1.807) is 0 Å². The van der Waals surface area contributed by atoms with Gasteiger partial charge in [0.25, 0.3) is 0 Å². The largest absolute Gasteiger partial charge is 0.366 e. The van der Waals surface area contributed by atoms with E-state index in [0.717, 1.165) is 45.7 Å². The quantitative estimate of drug-likeness (QED) is 0.769. The fourth-order valence-corrected chi connectivity index (χ4v) is 1.91. The monoisotopic (exact) mass is 257 g/mol. The number of amides is 1. The summed E-state index contributed by atoms with van der Waals surface area (Å²) in [5.74, 6) is 0.100. The Morgan fingerprint density at radius 3 is 2.33 bits per heavy atom. The number of ether oxygens (including phenoxy) is 1. The van der Waals surface area contributed by atoms with Gasteiger partial charge in [-0.15, -0.1) is 0 Å². The third-order valence-corrected chi connectivity index (χ3v) is 3.03. The first kappa shape index (κ1) is 15.4. The molecular formula is C13H27N3O2. The van der Waals surface area contributed by atoms with Gasteiger partial charge in [0.15, 0.2) is 0 Å². The minimum atomic E-state index is -0.251. The average Bonchev–Trinajstić information content (AvgIpc) is 2.33. The molecule has 0 radical (unpaired) electrons. The first-order valence-electron chi connectivity index (χ1n) is 6.76. The van der Waals surface area contributed by atoms with E-state index in [0.29, 0.717) is 0 Å². The van der Waals surface area contributed by atoms with Gasteiger partial charge < -0.3 is 15.4 Å². The molecule has 0 saturated carbocycles. The first-order valence-corrected chi connectivity index (χ1v) is 6.76. The molecule has 106 valence electrons. The van der Waals surface area contributed by atoms with Gasteiger partial charge >= 0.3 is 0 Å². The Bertz CT molecular complexity index is 255. The van der Waals surface area contributed by atoms with Gasteiger partial charge in [-0.3, -0.25) is 9.69 Å². The van der Waals surface area contributed by atoms with Crippen LogP contribution in [0.4, 0.5) is 0 Å². The van der Waals surface area contributed by atoms with Crippen molar-refractivity contribution in [3.05, 3.63) is 0 Å². The van der Waals surface area contributed by atoms with Crippen LogP contribution < -0.4 is 5.73 Å². The third kappa shape index (κ3) is 5.80. The number of nitrogens with two attached hydrogens (primary N) is 1. The van der Waals surface area contributed by atoms with E-state index in [2.05, 4.69) is 4.90 Å². The lowest BCUT2D eigenvalue weighted by molar-refractivity contribution is -0.142. The molecule has 5 heteroatoms. The molecule has 1 saturated heterocycles. The minimum Gasteiger partial charge on any atom is -0.366 e. The summed E-state index contributed by atoms with van der Waals surface area (Å²) in [4.78, 5) is 16.2. The van der Waals surface area contributed by atoms with E-state index in [4.69, 9.17) is 10.5 Å². The van der Waals surface area contributed by atoms with Crippen LogP contribution in [0.5, 0.6) is 0 Å². The number of hydrogen-bond acceptors (Lipinski definition) is 4. The predicted octanol–water partition coefficient (Wildman–Crippen LogP) is 0.295. The Morgan fingerprint density at radius 2 is 1.83 bits per heavy atom. The summed E-state index contributed by atoms with van der Waals surface area (Å²) >= 11 is 0. The van der Waals surface area contributed by atoms with Crippen molar-refractivity contribution in [3.8, 4) is 0 Å². The Hall–Kier alpha value is -0.650. The summed E-state index contributed by atoms with van der Waals surface area (Å²) < 4.78 is 5.51. The van der Waals surface area contributed by atoms with Crippen LogP contribution in [0.25, 0.3) is 0 Å². The maximum atomic E-state index is 11.9. The molecule has 0 aromatic heterocycles. The van der Waals surface area contributed by atoms with E-state index in [1.165, 1.54) is 0 Å². The van der Waals surface area contributed by atoms with Gasteiger partial charge in [-0.05, 0) is 40.3 Å². The van der Waals surface area contributed by atoms with Gasteiger partial charge in [-0.1, -0.05) is 0 Å².